The van der Waals surface area contributed by atoms with Crippen LogP contribution >= 0.6 is 11.3 Å². The summed E-state index contributed by atoms with van der Waals surface area (Å²) in [5.74, 6) is -0.730. The molecule has 0 bridgehead atoms. The fraction of sp³-hybridized carbons (Fsp3) is 0.185. The van der Waals surface area contributed by atoms with E-state index < -0.39 is 5.82 Å². The number of nitrogens with one attached hydrogen (secondary N) is 1. The first-order valence-corrected chi connectivity index (χ1v) is 12.5. The predicted molar refractivity (Wildman–Crippen MR) is 137 cm³/mol. The maximum atomic E-state index is 15.2. The lowest BCUT2D eigenvalue weighted by atomic mass is 9.78. The fourth-order valence-electron chi connectivity index (χ4n) is 4.92. The molecule has 2 aliphatic rings. The van der Waals surface area contributed by atoms with Crippen molar-refractivity contribution in [2.45, 2.75) is 0 Å². The van der Waals surface area contributed by atoms with Gasteiger partial charge in [0, 0.05) is 53.9 Å². The summed E-state index contributed by atoms with van der Waals surface area (Å²) in [5, 5.41) is 4.29. The number of carbonyl (C=O) groups excluding carboxylic acids is 1. The second-order valence-electron chi connectivity index (χ2n) is 9.45. The molecule has 0 unspecified atom stereocenters. The third-order valence-corrected chi connectivity index (χ3v) is 7.70. The Morgan fingerprint density at radius 2 is 1.92 bits per heavy atom. The number of fused-ring (bicyclic) bond motifs is 2. The van der Waals surface area contributed by atoms with E-state index in [2.05, 4.69) is 20.3 Å². The number of hydrogen-bond acceptors (Lipinski definition) is 7. The quantitative estimate of drug-likeness (QED) is 0.365. The summed E-state index contributed by atoms with van der Waals surface area (Å²) in [6.45, 7) is 2.65. The van der Waals surface area contributed by atoms with E-state index in [0.29, 0.717) is 37.4 Å². The van der Waals surface area contributed by atoms with E-state index >= 15 is 4.39 Å². The molecule has 2 aromatic carbocycles. The molecule has 2 saturated heterocycles. The Balaban J connectivity index is 1.18. The minimum Gasteiger partial charge on any atom is -0.380 e. The first-order chi connectivity index (χ1) is 17.6. The van der Waals surface area contributed by atoms with Gasteiger partial charge in [-0.15, -0.1) is 11.3 Å². The Labute approximate surface area is 209 Å². The largest absolute Gasteiger partial charge is 0.380 e. The second-order valence-corrected chi connectivity index (χ2v) is 10.3. The number of benzene rings is 2. The molecule has 178 valence electrons. The normalized spacial score (nSPS) is 16.2. The molecule has 1 amide bonds. The van der Waals surface area contributed by atoms with Gasteiger partial charge in [0.05, 0.1) is 39.9 Å². The Morgan fingerprint density at radius 1 is 1.03 bits per heavy atom. The first-order valence-electron chi connectivity index (χ1n) is 11.6. The third-order valence-electron chi connectivity index (χ3n) is 6.89. The van der Waals surface area contributed by atoms with Crippen molar-refractivity contribution in [3.8, 4) is 11.1 Å². The van der Waals surface area contributed by atoms with Crippen LogP contribution < -0.4 is 5.32 Å². The van der Waals surface area contributed by atoms with Crippen molar-refractivity contribution in [1.82, 2.24) is 19.9 Å². The van der Waals surface area contributed by atoms with Crippen LogP contribution in [-0.4, -0.2) is 52.1 Å². The molecule has 0 aliphatic carbocycles. The smallest absolute Gasteiger partial charge is 0.272 e. The molecule has 0 radical (unpaired) electrons. The highest BCUT2D eigenvalue weighted by Crippen LogP contribution is 2.38. The molecule has 5 heterocycles. The van der Waals surface area contributed by atoms with Crippen LogP contribution in [0.1, 0.15) is 10.5 Å². The van der Waals surface area contributed by atoms with E-state index in [1.807, 2.05) is 48.0 Å². The molecule has 36 heavy (non-hydrogen) atoms. The zero-order valence-corrected chi connectivity index (χ0v) is 19.9. The average Bonchev–Trinajstić information content (AvgIpc) is 3.30. The minimum atomic E-state index is -0.484. The Kier molecular flexibility index (Phi) is 4.77. The summed E-state index contributed by atoms with van der Waals surface area (Å²) in [4.78, 5) is 27.6. The van der Waals surface area contributed by atoms with Crippen molar-refractivity contribution >= 4 is 49.7 Å². The highest BCUT2D eigenvalue weighted by Gasteiger charge is 2.50. The molecule has 1 N–H and O–H groups in total. The number of carbonyl (C=O) groups is 1. The van der Waals surface area contributed by atoms with Crippen molar-refractivity contribution < 1.29 is 13.9 Å². The van der Waals surface area contributed by atoms with Crippen molar-refractivity contribution in [3.05, 3.63) is 77.9 Å². The Morgan fingerprint density at radius 3 is 2.72 bits per heavy atom. The zero-order valence-electron chi connectivity index (χ0n) is 19.1. The summed E-state index contributed by atoms with van der Waals surface area (Å²) >= 11 is 1.60. The number of pyridine rings is 2. The summed E-state index contributed by atoms with van der Waals surface area (Å²) in [6.07, 6.45) is 3.18. The molecule has 1 spiro atoms. The molecule has 2 fully saturated rings. The number of rotatable bonds is 4. The maximum absolute atomic E-state index is 15.2. The van der Waals surface area contributed by atoms with Gasteiger partial charge in [0.25, 0.3) is 5.91 Å². The lowest BCUT2D eigenvalue weighted by molar-refractivity contribution is -0.176. The van der Waals surface area contributed by atoms with Crippen LogP contribution in [0.3, 0.4) is 0 Å². The molecule has 3 aromatic heterocycles. The molecule has 7 nitrogen and oxygen atoms in total. The molecule has 2 aliphatic heterocycles. The second kappa shape index (κ2) is 8.04. The third kappa shape index (κ3) is 3.51. The van der Waals surface area contributed by atoms with Gasteiger partial charge in [0.2, 0.25) is 0 Å². The zero-order chi connectivity index (χ0) is 24.3. The van der Waals surface area contributed by atoms with Crippen molar-refractivity contribution in [1.29, 1.82) is 0 Å². The van der Waals surface area contributed by atoms with E-state index in [9.17, 15) is 4.79 Å². The molecule has 7 rings (SSSR count). The number of aromatic nitrogens is 3. The number of amides is 1. The van der Waals surface area contributed by atoms with Gasteiger partial charge < -0.3 is 15.0 Å². The van der Waals surface area contributed by atoms with E-state index in [1.165, 1.54) is 12.3 Å². The highest BCUT2D eigenvalue weighted by molar-refractivity contribution is 7.16. The van der Waals surface area contributed by atoms with Gasteiger partial charge >= 0.3 is 0 Å². The predicted octanol–water partition coefficient (Wildman–Crippen LogP) is 5.26. The molecule has 9 heteroatoms. The van der Waals surface area contributed by atoms with Crippen molar-refractivity contribution in [3.63, 3.8) is 0 Å². The van der Waals surface area contributed by atoms with Gasteiger partial charge in [-0.2, -0.15) is 0 Å². The fourth-order valence-corrected chi connectivity index (χ4v) is 5.58. The summed E-state index contributed by atoms with van der Waals surface area (Å²) in [7, 11) is 0. The van der Waals surface area contributed by atoms with Gasteiger partial charge in [-0.3, -0.25) is 14.8 Å². The van der Waals surface area contributed by atoms with Crippen LogP contribution in [0.25, 0.3) is 32.2 Å². The van der Waals surface area contributed by atoms with Crippen LogP contribution in [-0.2, 0) is 4.74 Å². The Hall–Kier alpha value is -3.95. The average molecular weight is 498 g/mol. The summed E-state index contributed by atoms with van der Waals surface area (Å²) in [6, 6.07) is 14.7. The van der Waals surface area contributed by atoms with E-state index in [4.69, 9.17) is 4.74 Å². The Bertz CT molecular complexity index is 1660. The minimum absolute atomic E-state index is 0.102. The number of anilines is 2. The highest BCUT2D eigenvalue weighted by atomic mass is 32.1. The SMILES string of the molecule is O=C(c1cc(F)c(-c2ccc3nccc(Nc4ccc5scnc5c4)c3c2)cn1)N1CC2(COC2)C1. The van der Waals surface area contributed by atoms with Crippen LogP contribution in [0.5, 0.6) is 0 Å². The van der Waals surface area contributed by atoms with E-state index in [-0.39, 0.29) is 17.0 Å². The van der Waals surface area contributed by atoms with E-state index in [1.54, 1.807) is 22.4 Å². The number of nitrogens with zero attached hydrogens (tertiary/aromatic N) is 4. The number of hydrogen-bond donors (Lipinski definition) is 1. The first kappa shape index (κ1) is 21.3. The number of ether oxygens (including phenoxy) is 1. The van der Waals surface area contributed by atoms with Crippen LogP contribution in [0.15, 0.2) is 66.4 Å². The van der Waals surface area contributed by atoms with Gasteiger partial charge in [0.15, 0.2) is 0 Å². The van der Waals surface area contributed by atoms with Gasteiger partial charge in [-0.25, -0.2) is 9.37 Å². The monoisotopic (exact) mass is 497 g/mol. The van der Waals surface area contributed by atoms with Gasteiger partial charge in [-0.1, -0.05) is 6.07 Å². The molecule has 0 saturated carbocycles. The van der Waals surface area contributed by atoms with E-state index in [0.717, 1.165) is 32.5 Å². The summed E-state index contributed by atoms with van der Waals surface area (Å²) < 4.78 is 21.6. The van der Waals surface area contributed by atoms with Crippen LogP contribution in [0, 0.1) is 11.2 Å². The van der Waals surface area contributed by atoms with Gasteiger partial charge in [0.1, 0.15) is 11.5 Å². The lowest BCUT2D eigenvalue weighted by Crippen LogP contribution is -2.67. The summed E-state index contributed by atoms with van der Waals surface area (Å²) in [5.41, 5.74) is 6.51. The van der Waals surface area contributed by atoms with Gasteiger partial charge in [-0.05, 0) is 42.0 Å². The number of thiazole rings is 1. The molecule has 0 atom stereocenters. The molecule has 5 aromatic rings. The topological polar surface area (TPSA) is 80.2 Å². The maximum Gasteiger partial charge on any atom is 0.272 e. The molecular weight excluding hydrogens is 477 g/mol. The number of likely N-dealkylation sites (tertiary alicyclic amines) is 1. The lowest BCUT2D eigenvalue weighted by Gasteiger charge is -2.54. The van der Waals surface area contributed by atoms with Crippen molar-refractivity contribution in [2.24, 2.45) is 5.41 Å². The van der Waals surface area contributed by atoms with Crippen LogP contribution in [0.2, 0.25) is 0 Å². The standard InChI is InChI=1S/C27H20FN5O2S/c28-20-9-24(26(34)33-11-27(12-33)13-35-14-27)30-10-19(20)16-1-3-21-18(7-16)22(5-6-29-21)32-17-2-4-25-23(8-17)31-15-36-25/h1-10,15H,11-14H2,(H,29,32). The van der Waals surface area contributed by atoms with Crippen molar-refractivity contribution in [2.75, 3.05) is 31.6 Å². The number of halogens is 1. The van der Waals surface area contributed by atoms with Crippen LogP contribution in [0.4, 0.5) is 15.8 Å². The molecular formula is C27H20FN5O2S.